The second-order valence-electron chi connectivity index (χ2n) is 6.82. The number of fused-ring (bicyclic) bond motifs is 3. The predicted molar refractivity (Wildman–Crippen MR) is 103 cm³/mol. The van der Waals surface area contributed by atoms with E-state index in [4.69, 9.17) is 4.74 Å². The largest absolute Gasteiger partial charge is 0.494 e. The molecule has 0 fully saturated rings. The molecular formula is C22H26N2O. The summed E-state index contributed by atoms with van der Waals surface area (Å²) in [5.41, 5.74) is 5.29. The number of nitrogens with one attached hydrogen (secondary N) is 2. The fourth-order valence-corrected chi connectivity index (χ4v) is 3.76. The molecule has 0 radical (unpaired) electrons. The maximum atomic E-state index is 5.84. The van der Waals surface area contributed by atoms with Crippen LogP contribution in [-0.4, -0.2) is 18.1 Å². The van der Waals surface area contributed by atoms with E-state index in [1.807, 2.05) is 0 Å². The van der Waals surface area contributed by atoms with Crippen LogP contribution in [0.15, 0.2) is 48.5 Å². The molecule has 130 valence electrons. The van der Waals surface area contributed by atoms with Crippen molar-refractivity contribution in [2.24, 2.45) is 0 Å². The van der Waals surface area contributed by atoms with Crippen LogP contribution < -0.4 is 10.1 Å². The van der Waals surface area contributed by atoms with Gasteiger partial charge in [-0.25, -0.2) is 0 Å². The first-order chi connectivity index (χ1) is 12.4. The summed E-state index contributed by atoms with van der Waals surface area (Å²) >= 11 is 0. The number of aromatic nitrogens is 1. The fraction of sp³-hybridized carbons (Fsp3) is 0.364. The van der Waals surface area contributed by atoms with E-state index in [9.17, 15) is 0 Å². The van der Waals surface area contributed by atoms with E-state index in [1.54, 1.807) is 0 Å². The van der Waals surface area contributed by atoms with Gasteiger partial charge in [0.1, 0.15) is 5.75 Å². The van der Waals surface area contributed by atoms with Crippen molar-refractivity contribution < 1.29 is 4.74 Å². The highest BCUT2D eigenvalue weighted by Gasteiger charge is 2.24. The molecule has 2 aromatic carbocycles. The Morgan fingerprint density at radius 3 is 2.72 bits per heavy atom. The number of para-hydroxylation sites is 1. The second-order valence-corrected chi connectivity index (χ2v) is 6.82. The summed E-state index contributed by atoms with van der Waals surface area (Å²) in [6.07, 6.45) is 4.66. The van der Waals surface area contributed by atoms with Crippen molar-refractivity contribution in [3.8, 4) is 5.75 Å². The quantitative estimate of drug-likeness (QED) is 0.624. The van der Waals surface area contributed by atoms with Crippen molar-refractivity contribution in [1.29, 1.82) is 0 Å². The zero-order chi connectivity index (χ0) is 17.1. The molecule has 0 spiro atoms. The van der Waals surface area contributed by atoms with Crippen LogP contribution in [0.4, 0.5) is 0 Å². The van der Waals surface area contributed by atoms with Crippen LogP contribution in [0.2, 0.25) is 0 Å². The molecule has 2 N–H and O–H groups in total. The fourth-order valence-electron chi connectivity index (χ4n) is 3.76. The molecule has 1 aromatic heterocycles. The predicted octanol–water partition coefficient (Wildman–Crippen LogP) is 4.97. The second kappa shape index (κ2) is 7.32. The van der Waals surface area contributed by atoms with Crippen LogP contribution in [0.25, 0.3) is 10.9 Å². The average Bonchev–Trinajstić information content (AvgIpc) is 3.05. The SMILES string of the molecule is CCCCCOc1ccc(C2NCCc3c2[nH]c2ccccc32)cc1. The van der Waals surface area contributed by atoms with Gasteiger partial charge in [0.25, 0.3) is 0 Å². The Labute approximate surface area is 149 Å². The lowest BCUT2D eigenvalue weighted by atomic mass is 9.94. The van der Waals surface area contributed by atoms with Gasteiger partial charge < -0.3 is 15.0 Å². The van der Waals surface area contributed by atoms with Crippen LogP contribution in [-0.2, 0) is 6.42 Å². The molecule has 2 heterocycles. The maximum Gasteiger partial charge on any atom is 0.119 e. The average molecular weight is 334 g/mol. The summed E-state index contributed by atoms with van der Waals surface area (Å²) in [7, 11) is 0. The lowest BCUT2D eigenvalue weighted by Gasteiger charge is -2.25. The molecule has 1 atom stereocenters. The third-order valence-electron chi connectivity index (χ3n) is 5.09. The molecule has 1 aliphatic rings. The third kappa shape index (κ3) is 3.29. The van der Waals surface area contributed by atoms with Gasteiger partial charge in [-0.3, -0.25) is 0 Å². The van der Waals surface area contributed by atoms with Gasteiger partial charge in [-0.15, -0.1) is 0 Å². The first-order valence-corrected chi connectivity index (χ1v) is 9.42. The number of hydrogen-bond donors (Lipinski definition) is 2. The van der Waals surface area contributed by atoms with Gasteiger partial charge in [-0.05, 0) is 42.2 Å². The standard InChI is InChI=1S/C22H26N2O/c1-2-3-6-15-25-17-11-9-16(10-12-17)21-22-19(13-14-23-21)18-7-4-5-8-20(18)24-22/h4-5,7-12,21,23-24H,2-3,6,13-15H2,1H3. The van der Waals surface area contributed by atoms with E-state index < -0.39 is 0 Å². The van der Waals surface area contributed by atoms with Crippen molar-refractivity contribution >= 4 is 10.9 Å². The number of hydrogen-bond acceptors (Lipinski definition) is 2. The van der Waals surface area contributed by atoms with Crippen molar-refractivity contribution in [3.05, 3.63) is 65.4 Å². The van der Waals surface area contributed by atoms with Crippen LogP contribution >= 0.6 is 0 Å². The van der Waals surface area contributed by atoms with Gasteiger partial charge >= 0.3 is 0 Å². The first-order valence-electron chi connectivity index (χ1n) is 9.42. The van der Waals surface area contributed by atoms with E-state index in [0.717, 1.165) is 31.7 Å². The van der Waals surface area contributed by atoms with Crippen LogP contribution in [0.1, 0.15) is 49.0 Å². The molecule has 3 aromatic rings. The first kappa shape index (κ1) is 16.2. The third-order valence-corrected chi connectivity index (χ3v) is 5.09. The van der Waals surface area contributed by atoms with Gasteiger partial charge in [-0.2, -0.15) is 0 Å². The van der Waals surface area contributed by atoms with Crippen molar-refractivity contribution in [1.82, 2.24) is 10.3 Å². The number of H-pyrrole nitrogens is 1. The highest BCUT2D eigenvalue weighted by Crippen LogP contribution is 2.33. The number of ether oxygens (including phenoxy) is 1. The summed E-state index contributed by atoms with van der Waals surface area (Å²) in [4.78, 5) is 3.63. The molecule has 25 heavy (non-hydrogen) atoms. The molecule has 1 aliphatic heterocycles. The van der Waals surface area contributed by atoms with E-state index >= 15 is 0 Å². The van der Waals surface area contributed by atoms with E-state index in [2.05, 4.69) is 65.8 Å². The van der Waals surface area contributed by atoms with Gasteiger partial charge in [0, 0.05) is 23.1 Å². The highest BCUT2D eigenvalue weighted by molar-refractivity contribution is 5.85. The smallest absolute Gasteiger partial charge is 0.119 e. The molecule has 0 saturated carbocycles. The molecule has 0 aliphatic carbocycles. The lowest BCUT2D eigenvalue weighted by molar-refractivity contribution is 0.306. The number of aromatic amines is 1. The van der Waals surface area contributed by atoms with Gasteiger partial charge in [-0.1, -0.05) is 50.1 Å². The van der Waals surface area contributed by atoms with E-state index in [0.29, 0.717) is 0 Å². The van der Waals surface area contributed by atoms with E-state index in [-0.39, 0.29) is 6.04 Å². The zero-order valence-electron chi connectivity index (χ0n) is 14.8. The number of unbranched alkanes of at least 4 members (excludes halogenated alkanes) is 2. The van der Waals surface area contributed by atoms with Gasteiger partial charge in [0.05, 0.1) is 12.6 Å². The molecule has 0 amide bonds. The summed E-state index contributed by atoms with van der Waals surface area (Å²) < 4.78 is 5.84. The molecule has 4 rings (SSSR count). The summed E-state index contributed by atoms with van der Waals surface area (Å²) in [6, 6.07) is 17.4. The summed E-state index contributed by atoms with van der Waals surface area (Å²) in [5, 5.41) is 5.02. The molecule has 3 heteroatoms. The van der Waals surface area contributed by atoms with Gasteiger partial charge in [0.2, 0.25) is 0 Å². The monoisotopic (exact) mass is 334 g/mol. The van der Waals surface area contributed by atoms with Crippen LogP contribution in [0, 0.1) is 0 Å². The topological polar surface area (TPSA) is 37.0 Å². The molecule has 1 unspecified atom stereocenters. The number of benzene rings is 2. The zero-order valence-corrected chi connectivity index (χ0v) is 14.8. The molecule has 3 nitrogen and oxygen atoms in total. The Hall–Kier alpha value is -2.26. The maximum absolute atomic E-state index is 5.84. The Morgan fingerprint density at radius 2 is 1.88 bits per heavy atom. The van der Waals surface area contributed by atoms with Gasteiger partial charge in [0.15, 0.2) is 0 Å². The Kier molecular flexibility index (Phi) is 4.75. The van der Waals surface area contributed by atoms with Crippen molar-refractivity contribution in [2.45, 2.75) is 38.6 Å². The summed E-state index contributed by atoms with van der Waals surface area (Å²) in [6.45, 7) is 4.03. The Balaban J connectivity index is 1.55. The molecular weight excluding hydrogens is 308 g/mol. The highest BCUT2D eigenvalue weighted by atomic mass is 16.5. The Morgan fingerprint density at radius 1 is 1.04 bits per heavy atom. The molecule has 0 bridgehead atoms. The van der Waals surface area contributed by atoms with Crippen LogP contribution in [0.5, 0.6) is 5.75 Å². The summed E-state index contributed by atoms with van der Waals surface area (Å²) in [5.74, 6) is 0.965. The van der Waals surface area contributed by atoms with E-state index in [1.165, 1.54) is 40.6 Å². The lowest BCUT2D eigenvalue weighted by Crippen LogP contribution is -2.30. The number of rotatable bonds is 6. The Bertz CT molecular complexity index is 835. The normalized spacial score (nSPS) is 16.8. The van der Waals surface area contributed by atoms with Crippen molar-refractivity contribution in [2.75, 3.05) is 13.2 Å². The van der Waals surface area contributed by atoms with Crippen molar-refractivity contribution in [3.63, 3.8) is 0 Å². The molecule has 0 saturated heterocycles. The minimum atomic E-state index is 0.227. The minimum absolute atomic E-state index is 0.227. The van der Waals surface area contributed by atoms with Crippen LogP contribution in [0.3, 0.4) is 0 Å². The minimum Gasteiger partial charge on any atom is -0.494 e.